The molecule has 1 aliphatic rings. The number of rotatable bonds is 4. The number of hydrogen-bond acceptors (Lipinski definition) is 3. The SMILES string of the molecule is CC[C@H](NC(=O)c1cn(C)nc1C)C1CC(O)C1. The van der Waals surface area contributed by atoms with Gasteiger partial charge in [-0.05, 0) is 32.1 Å². The Hall–Kier alpha value is -1.36. The Balaban J connectivity index is 1.99. The second kappa shape index (κ2) is 5.10. The predicted molar refractivity (Wildman–Crippen MR) is 68.2 cm³/mol. The van der Waals surface area contributed by atoms with E-state index in [4.69, 9.17) is 0 Å². The zero-order valence-electron chi connectivity index (χ0n) is 11.2. The average Bonchev–Trinajstić information content (AvgIpc) is 2.61. The Labute approximate surface area is 107 Å². The molecule has 2 N–H and O–H groups in total. The van der Waals surface area contributed by atoms with E-state index < -0.39 is 0 Å². The highest BCUT2D eigenvalue weighted by Gasteiger charge is 2.34. The topological polar surface area (TPSA) is 67.2 Å². The molecule has 5 heteroatoms. The van der Waals surface area contributed by atoms with Crippen LogP contribution in [0, 0.1) is 12.8 Å². The van der Waals surface area contributed by atoms with E-state index >= 15 is 0 Å². The smallest absolute Gasteiger partial charge is 0.254 e. The minimum absolute atomic E-state index is 0.0613. The van der Waals surface area contributed by atoms with Crippen LogP contribution in [-0.2, 0) is 7.05 Å². The first-order valence-corrected chi connectivity index (χ1v) is 6.50. The van der Waals surface area contributed by atoms with E-state index in [1.165, 1.54) is 0 Å². The Morgan fingerprint density at radius 2 is 2.33 bits per heavy atom. The van der Waals surface area contributed by atoms with Crippen molar-refractivity contribution in [2.75, 3.05) is 0 Å². The number of nitrogens with zero attached hydrogens (tertiary/aromatic N) is 2. The molecule has 1 fully saturated rings. The highest BCUT2D eigenvalue weighted by molar-refractivity contribution is 5.95. The summed E-state index contributed by atoms with van der Waals surface area (Å²) in [5, 5.41) is 16.6. The average molecular weight is 251 g/mol. The van der Waals surface area contributed by atoms with E-state index in [1.807, 2.05) is 14.0 Å². The molecule has 2 rings (SSSR count). The van der Waals surface area contributed by atoms with Gasteiger partial charge in [0, 0.05) is 19.3 Å². The first-order valence-electron chi connectivity index (χ1n) is 6.50. The third-order valence-electron chi connectivity index (χ3n) is 3.73. The standard InChI is InChI=1S/C13H21N3O2/c1-4-12(9-5-10(17)6-9)14-13(18)11-7-16(3)15-8(11)2/h7,9-10,12,17H,4-6H2,1-3H3,(H,14,18)/t9?,10?,12-/m0/s1. The highest BCUT2D eigenvalue weighted by Crippen LogP contribution is 2.31. The van der Waals surface area contributed by atoms with Crippen LogP contribution < -0.4 is 5.32 Å². The van der Waals surface area contributed by atoms with Crippen LogP contribution in [-0.4, -0.2) is 32.9 Å². The van der Waals surface area contributed by atoms with Gasteiger partial charge < -0.3 is 10.4 Å². The van der Waals surface area contributed by atoms with Crippen LogP contribution in [0.15, 0.2) is 6.20 Å². The summed E-state index contributed by atoms with van der Waals surface area (Å²) >= 11 is 0. The lowest BCUT2D eigenvalue weighted by Gasteiger charge is -2.37. The fourth-order valence-corrected chi connectivity index (χ4v) is 2.58. The molecule has 18 heavy (non-hydrogen) atoms. The summed E-state index contributed by atoms with van der Waals surface area (Å²) in [5.74, 6) is 0.347. The van der Waals surface area contributed by atoms with Gasteiger partial charge in [-0.2, -0.15) is 5.10 Å². The number of aryl methyl sites for hydroxylation is 2. The largest absolute Gasteiger partial charge is 0.393 e. The highest BCUT2D eigenvalue weighted by atomic mass is 16.3. The maximum atomic E-state index is 12.1. The minimum atomic E-state index is -0.180. The van der Waals surface area contributed by atoms with Crippen LogP contribution in [0.2, 0.25) is 0 Å². The van der Waals surface area contributed by atoms with Crippen LogP contribution in [0.3, 0.4) is 0 Å². The van der Waals surface area contributed by atoms with Crippen molar-refractivity contribution >= 4 is 5.91 Å². The van der Waals surface area contributed by atoms with Gasteiger partial charge in [0.25, 0.3) is 5.91 Å². The van der Waals surface area contributed by atoms with Crippen molar-refractivity contribution in [3.05, 3.63) is 17.5 Å². The molecule has 0 saturated heterocycles. The van der Waals surface area contributed by atoms with Crippen molar-refractivity contribution in [2.45, 2.75) is 45.3 Å². The van der Waals surface area contributed by atoms with E-state index in [0.29, 0.717) is 11.5 Å². The lowest BCUT2D eigenvalue weighted by molar-refractivity contribution is 0.0232. The van der Waals surface area contributed by atoms with Gasteiger partial charge in [-0.1, -0.05) is 6.92 Å². The van der Waals surface area contributed by atoms with Crippen molar-refractivity contribution in [1.29, 1.82) is 0 Å². The van der Waals surface area contributed by atoms with Gasteiger partial charge in [0.15, 0.2) is 0 Å². The van der Waals surface area contributed by atoms with Gasteiger partial charge in [-0.3, -0.25) is 9.48 Å². The number of carbonyl (C=O) groups excluding carboxylic acids is 1. The molecule has 1 amide bonds. The molecule has 1 saturated carbocycles. The van der Waals surface area contributed by atoms with Crippen molar-refractivity contribution in [2.24, 2.45) is 13.0 Å². The fraction of sp³-hybridized carbons (Fsp3) is 0.692. The normalized spacial score (nSPS) is 24.4. The lowest BCUT2D eigenvalue weighted by atomic mass is 9.76. The summed E-state index contributed by atoms with van der Waals surface area (Å²) < 4.78 is 1.65. The monoisotopic (exact) mass is 251 g/mol. The van der Waals surface area contributed by atoms with Gasteiger partial charge >= 0.3 is 0 Å². The van der Waals surface area contributed by atoms with E-state index in [2.05, 4.69) is 17.3 Å². The van der Waals surface area contributed by atoms with E-state index in [-0.39, 0.29) is 18.1 Å². The van der Waals surface area contributed by atoms with E-state index in [1.54, 1.807) is 10.9 Å². The van der Waals surface area contributed by atoms with Gasteiger partial charge in [-0.25, -0.2) is 0 Å². The van der Waals surface area contributed by atoms with Crippen molar-refractivity contribution in [1.82, 2.24) is 15.1 Å². The zero-order chi connectivity index (χ0) is 13.3. The summed E-state index contributed by atoms with van der Waals surface area (Å²) in [6.07, 6.45) is 4.05. The van der Waals surface area contributed by atoms with Gasteiger partial charge in [0.1, 0.15) is 0 Å². The minimum Gasteiger partial charge on any atom is -0.393 e. The van der Waals surface area contributed by atoms with Gasteiger partial charge in [-0.15, -0.1) is 0 Å². The number of aliphatic hydroxyl groups excluding tert-OH is 1. The Morgan fingerprint density at radius 1 is 1.67 bits per heavy atom. The van der Waals surface area contributed by atoms with Crippen LogP contribution in [0.5, 0.6) is 0 Å². The Bertz CT molecular complexity index is 435. The predicted octanol–water partition coefficient (Wildman–Crippen LogP) is 1.01. The summed E-state index contributed by atoms with van der Waals surface area (Å²) in [4.78, 5) is 12.1. The molecular formula is C13H21N3O2. The number of aromatic nitrogens is 2. The van der Waals surface area contributed by atoms with Gasteiger partial charge in [0.2, 0.25) is 0 Å². The molecule has 0 spiro atoms. The molecule has 1 atom stereocenters. The summed E-state index contributed by atoms with van der Waals surface area (Å²) in [7, 11) is 1.81. The first-order chi connectivity index (χ1) is 8.51. The number of carbonyl (C=O) groups is 1. The summed E-state index contributed by atoms with van der Waals surface area (Å²) in [5.41, 5.74) is 1.38. The molecule has 0 radical (unpaired) electrons. The van der Waals surface area contributed by atoms with E-state index in [0.717, 1.165) is 25.0 Å². The second-order valence-corrected chi connectivity index (χ2v) is 5.18. The molecule has 0 aromatic carbocycles. The maximum absolute atomic E-state index is 12.1. The number of hydrogen-bond donors (Lipinski definition) is 2. The first kappa shape index (κ1) is 13.1. The molecule has 0 unspecified atom stereocenters. The third-order valence-corrected chi connectivity index (χ3v) is 3.73. The van der Waals surface area contributed by atoms with E-state index in [9.17, 15) is 9.90 Å². The quantitative estimate of drug-likeness (QED) is 0.839. The van der Waals surface area contributed by atoms with Gasteiger partial charge in [0.05, 0.1) is 17.4 Å². The maximum Gasteiger partial charge on any atom is 0.254 e. The molecule has 0 aliphatic heterocycles. The Morgan fingerprint density at radius 3 is 2.78 bits per heavy atom. The lowest BCUT2D eigenvalue weighted by Crippen LogP contribution is -2.46. The number of amides is 1. The fourth-order valence-electron chi connectivity index (χ4n) is 2.58. The van der Waals surface area contributed by atoms with Crippen molar-refractivity contribution in [3.8, 4) is 0 Å². The molecule has 5 nitrogen and oxygen atoms in total. The summed E-state index contributed by atoms with van der Waals surface area (Å²) in [6.45, 7) is 3.90. The summed E-state index contributed by atoms with van der Waals surface area (Å²) in [6, 6.07) is 0.153. The third kappa shape index (κ3) is 2.56. The number of nitrogens with one attached hydrogen (secondary N) is 1. The molecule has 1 heterocycles. The molecule has 1 aromatic rings. The molecule has 1 aliphatic carbocycles. The van der Waals surface area contributed by atoms with Crippen LogP contribution in [0.4, 0.5) is 0 Å². The van der Waals surface area contributed by atoms with Crippen molar-refractivity contribution in [3.63, 3.8) is 0 Å². The Kier molecular flexibility index (Phi) is 3.71. The zero-order valence-corrected chi connectivity index (χ0v) is 11.2. The van der Waals surface area contributed by atoms with Crippen LogP contribution >= 0.6 is 0 Å². The number of aliphatic hydroxyl groups is 1. The second-order valence-electron chi connectivity index (χ2n) is 5.18. The molecule has 1 aromatic heterocycles. The molecular weight excluding hydrogens is 230 g/mol. The molecule has 0 bridgehead atoms. The van der Waals surface area contributed by atoms with Crippen LogP contribution in [0.1, 0.15) is 42.2 Å². The van der Waals surface area contributed by atoms with Crippen LogP contribution in [0.25, 0.3) is 0 Å². The molecule has 100 valence electrons. The van der Waals surface area contributed by atoms with Crippen molar-refractivity contribution < 1.29 is 9.90 Å².